The Labute approximate surface area is 141 Å². The highest BCUT2D eigenvalue weighted by molar-refractivity contribution is 5.88. The molecule has 2 unspecified atom stereocenters. The van der Waals surface area contributed by atoms with Gasteiger partial charge in [-0.25, -0.2) is 0 Å². The third-order valence-electron chi connectivity index (χ3n) is 5.89. The van der Waals surface area contributed by atoms with Gasteiger partial charge in [0.05, 0.1) is 12.1 Å². The largest absolute Gasteiger partial charge is 0.508 e. The van der Waals surface area contributed by atoms with Crippen LogP contribution in [0.15, 0.2) is 36.7 Å². The number of hydrogen-bond donors (Lipinski definition) is 1. The molecule has 0 fully saturated rings. The first-order valence-corrected chi connectivity index (χ1v) is 8.64. The summed E-state index contributed by atoms with van der Waals surface area (Å²) in [5.41, 5.74) is 6.78. The second kappa shape index (κ2) is 4.84. The maximum atomic E-state index is 10.00. The summed E-state index contributed by atoms with van der Waals surface area (Å²) in [6, 6.07) is 8.62. The molecule has 2 aliphatic heterocycles. The van der Waals surface area contributed by atoms with E-state index in [0.717, 1.165) is 19.4 Å². The van der Waals surface area contributed by atoms with Gasteiger partial charge in [0.15, 0.2) is 0 Å². The van der Waals surface area contributed by atoms with E-state index in [1.165, 1.54) is 33.3 Å². The molecule has 122 valence electrons. The summed E-state index contributed by atoms with van der Waals surface area (Å²) in [7, 11) is 2.23. The smallest absolute Gasteiger partial charge is 0.116 e. The van der Waals surface area contributed by atoms with E-state index in [0.29, 0.717) is 11.8 Å². The molecular formula is C20H21N3O. The van der Waals surface area contributed by atoms with Gasteiger partial charge in [0, 0.05) is 35.5 Å². The Balaban J connectivity index is 1.89. The van der Waals surface area contributed by atoms with Gasteiger partial charge in [0.25, 0.3) is 0 Å². The molecule has 0 spiro atoms. The number of phenolic OH excluding ortho intramolecular Hbond substituents is 1. The Kier molecular flexibility index (Phi) is 2.83. The third-order valence-corrected chi connectivity index (χ3v) is 5.89. The molecule has 0 aliphatic carbocycles. The second-order valence-electron chi connectivity index (χ2n) is 7.14. The van der Waals surface area contributed by atoms with E-state index in [1.807, 2.05) is 18.5 Å². The lowest BCUT2D eigenvalue weighted by Gasteiger charge is -2.33. The van der Waals surface area contributed by atoms with E-state index in [4.69, 9.17) is 0 Å². The molecule has 2 aliphatic rings. The quantitative estimate of drug-likeness (QED) is 0.690. The Bertz CT molecular complexity index is 959. The number of pyridine rings is 1. The summed E-state index contributed by atoms with van der Waals surface area (Å²) in [6.07, 6.45) is 5.99. The molecule has 0 amide bonds. The molecule has 3 aromatic rings. The standard InChI is InChI=1S/C20H21N3O/c1-12-17-11-21-7-5-13(17)9-19-20-15(6-8-22(19)2)16-10-14(24)3-4-18(16)23(12)20/h3-5,7,10-12,19,24H,6,8-9H2,1-2H3. The molecule has 4 heteroatoms. The Hall–Kier alpha value is -2.33. The van der Waals surface area contributed by atoms with Gasteiger partial charge >= 0.3 is 0 Å². The van der Waals surface area contributed by atoms with Crippen LogP contribution in [0.1, 0.15) is 41.4 Å². The van der Waals surface area contributed by atoms with Crippen LogP contribution in [-0.2, 0) is 12.8 Å². The molecule has 24 heavy (non-hydrogen) atoms. The van der Waals surface area contributed by atoms with Gasteiger partial charge in [-0.3, -0.25) is 9.88 Å². The van der Waals surface area contributed by atoms with Crippen molar-refractivity contribution in [3.63, 3.8) is 0 Å². The average Bonchev–Trinajstić information content (AvgIpc) is 2.83. The molecule has 4 heterocycles. The van der Waals surface area contributed by atoms with Gasteiger partial charge < -0.3 is 9.67 Å². The molecule has 2 aromatic heterocycles. The lowest BCUT2D eigenvalue weighted by molar-refractivity contribution is 0.222. The molecule has 0 saturated carbocycles. The highest BCUT2D eigenvalue weighted by Crippen LogP contribution is 2.44. The van der Waals surface area contributed by atoms with Crippen molar-refractivity contribution in [1.29, 1.82) is 0 Å². The maximum Gasteiger partial charge on any atom is 0.116 e. The Morgan fingerprint density at radius 2 is 2.12 bits per heavy atom. The number of nitrogens with zero attached hydrogens (tertiary/aromatic N) is 3. The minimum atomic E-state index is 0.251. The van der Waals surface area contributed by atoms with Gasteiger partial charge in [-0.2, -0.15) is 0 Å². The molecule has 2 atom stereocenters. The zero-order valence-corrected chi connectivity index (χ0v) is 14.0. The number of benzene rings is 1. The average molecular weight is 319 g/mol. The van der Waals surface area contributed by atoms with Crippen LogP contribution < -0.4 is 0 Å². The van der Waals surface area contributed by atoms with Crippen LogP contribution in [0.4, 0.5) is 0 Å². The van der Waals surface area contributed by atoms with Crippen molar-refractivity contribution >= 4 is 10.9 Å². The van der Waals surface area contributed by atoms with Crippen LogP contribution >= 0.6 is 0 Å². The number of fused-ring (bicyclic) bond motifs is 4. The van der Waals surface area contributed by atoms with Crippen molar-refractivity contribution in [3.05, 3.63) is 59.0 Å². The first-order chi connectivity index (χ1) is 11.6. The van der Waals surface area contributed by atoms with E-state index in [2.05, 4.69) is 40.6 Å². The van der Waals surface area contributed by atoms with E-state index in [1.54, 1.807) is 6.07 Å². The van der Waals surface area contributed by atoms with Crippen molar-refractivity contribution in [2.75, 3.05) is 13.6 Å². The zero-order valence-electron chi connectivity index (χ0n) is 14.0. The molecule has 0 bridgehead atoms. The van der Waals surface area contributed by atoms with Crippen LogP contribution in [0.5, 0.6) is 5.75 Å². The minimum Gasteiger partial charge on any atom is -0.508 e. The molecule has 0 saturated heterocycles. The van der Waals surface area contributed by atoms with Crippen LogP contribution in [0.3, 0.4) is 0 Å². The first-order valence-electron chi connectivity index (χ1n) is 8.64. The highest BCUT2D eigenvalue weighted by atomic mass is 16.3. The van der Waals surface area contributed by atoms with Crippen molar-refractivity contribution in [1.82, 2.24) is 14.5 Å². The molecule has 0 radical (unpaired) electrons. The van der Waals surface area contributed by atoms with Crippen molar-refractivity contribution in [3.8, 4) is 5.75 Å². The third kappa shape index (κ3) is 1.75. The van der Waals surface area contributed by atoms with Crippen LogP contribution in [0.2, 0.25) is 0 Å². The van der Waals surface area contributed by atoms with Crippen LogP contribution in [0, 0.1) is 0 Å². The van der Waals surface area contributed by atoms with Gasteiger partial charge in [-0.15, -0.1) is 0 Å². The molecule has 4 nitrogen and oxygen atoms in total. The molecule has 1 aromatic carbocycles. The minimum absolute atomic E-state index is 0.251. The number of hydrogen-bond acceptors (Lipinski definition) is 3. The second-order valence-corrected chi connectivity index (χ2v) is 7.14. The molecular weight excluding hydrogens is 298 g/mol. The van der Waals surface area contributed by atoms with Gasteiger partial charge in [-0.05, 0) is 67.8 Å². The predicted molar refractivity (Wildman–Crippen MR) is 94.4 cm³/mol. The van der Waals surface area contributed by atoms with Crippen molar-refractivity contribution < 1.29 is 5.11 Å². The van der Waals surface area contributed by atoms with Crippen LogP contribution in [0.25, 0.3) is 10.9 Å². The number of aromatic nitrogens is 2. The number of rotatable bonds is 0. The fourth-order valence-electron chi connectivity index (χ4n) is 4.68. The van der Waals surface area contributed by atoms with Gasteiger partial charge in [0.1, 0.15) is 5.75 Å². The summed E-state index contributed by atoms with van der Waals surface area (Å²) in [6.45, 7) is 3.32. The van der Waals surface area contributed by atoms with E-state index < -0.39 is 0 Å². The fraction of sp³-hybridized carbons (Fsp3) is 0.350. The Morgan fingerprint density at radius 3 is 3.00 bits per heavy atom. The lowest BCUT2D eigenvalue weighted by atomic mass is 9.93. The molecule has 1 N–H and O–H groups in total. The van der Waals surface area contributed by atoms with E-state index >= 15 is 0 Å². The lowest BCUT2D eigenvalue weighted by Crippen LogP contribution is -2.34. The number of likely N-dealkylation sites (N-methyl/N-ethyl adjacent to an activating group) is 1. The maximum absolute atomic E-state index is 10.00. The highest BCUT2D eigenvalue weighted by Gasteiger charge is 2.36. The summed E-state index contributed by atoms with van der Waals surface area (Å²) in [4.78, 5) is 6.85. The summed E-state index contributed by atoms with van der Waals surface area (Å²) >= 11 is 0. The van der Waals surface area contributed by atoms with Gasteiger partial charge in [0.2, 0.25) is 0 Å². The normalized spacial score (nSPS) is 22.9. The summed E-state index contributed by atoms with van der Waals surface area (Å²) in [5.74, 6) is 0.352. The fourth-order valence-corrected chi connectivity index (χ4v) is 4.68. The topological polar surface area (TPSA) is 41.3 Å². The van der Waals surface area contributed by atoms with E-state index in [9.17, 15) is 5.11 Å². The first kappa shape index (κ1) is 14.1. The number of phenols is 1. The van der Waals surface area contributed by atoms with Crippen molar-refractivity contribution in [2.24, 2.45) is 0 Å². The van der Waals surface area contributed by atoms with Crippen molar-refractivity contribution in [2.45, 2.75) is 31.8 Å². The van der Waals surface area contributed by atoms with E-state index in [-0.39, 0.29) is 6.04 Å². The van der Waals surface area contributed by atoms with Gasteiger partial charge in [-0.1, -0.05) is 0 Å². The Morgan fingerprint density at radius 1 is 1.25 bits per heavy atom. The summed E-state index contributed by atoms with van der Waals surface area (Å²) < 4.78 is 2.48. The molecule has 5 rings (SSSR count). The predicted octanol–water partition coefficient (Wildman–Crippen LogP) is 3.44. The number of aromatic hydroxyl groups is 1. The zero-order chi connectivity index (χ0) is 16.4. The SMILES string of the molecule is CC1c2cnccc2CC2c3c(c4cc(O)ccc4n31)CCN2C. The van der Waals surface area contributed by atoms with Crippen LogP contribution in [-0.4, -0.2) is 33.1 Å². The monoisotopic (exact) mass is 319 g/mol. The summed E-state index contributed by atoms with van der Waals surface area (Å²) in [5, 5.41) is 11.2.